The molecule has 4 heterocycles. The number of thiazole rings is 1. The molecule has 8 nitrogen and oxygen atoms in total. The number of piperazine rings is 1. The van der Waals surface area contributed by atoms with Crippen LogP contribution in [0.3, 0.4) is 0 Å². The van der Waals surface area contributed by atoms with Crippen molar-refractivity contribution in [2.24, 2.45) is 0 Å². The van der Waals surface area contributed by atoms with Crippen molar-refractivity contribution in [3.63, 3.8) is 0 Å². The Balaban J connectivity index is 1.32. The van der Waals surface area contributed by atoms with Gasteiger partial charge in [-0.1, -0.05) is 0 Å². The van der Waals surface area contributed by atoms with Crippen molar-refractivity contribution in [1.82, 2.24) is 24.6 Å². The van der Waals surface area contributed by atoms with E-state index in [9.17, 15) is 4.79 Å². The highest BCUT2D eigenvalue weighted by Crippen LogP contribution is 2.23. The van der Waals surface area contributed by atoms with Gasteiger partial charge in [0.2, 0.25) is 0 Å². The lowest BCUT2D eigenvalue weighted by Crippen LogP contribution is -2.49. The summed E-state index contributed by atoms with van der Waals surface area (Å²) in [5.41, 5.74) is 1.80. The van der Waals surface area contributed by atoms with Crippen LogP contribution >= 0.6 is 11.3 Å². The lowest BCUT2D eigenvalue weighted by atomic mass is 10.3. The van der Waals surface area contributed by atoms with Gasteiger partial charge in [-0.05, 0) is 13.0 Å². The maximum absolute atomic E-state index is 12.7. The van der Waals surface area contributed by atoms with Gasteiger partial charge in [0, 0.05) is 63.9 Å². The Labute approximate surface area is 163 Å². The topological polar surface area (TPSA) is 66.7 Å². The second kappa shape index (κ2) is 8.37. The first-order chi connectivity index (χ1) is 13.2. The summed E-state index contributed by atoms with van der Waals surface area (Å²) in [5, 5.41) is 7.42. The van der Waals surface area contributed by atoms with Crippen LogP contribution in [0.1, 0.15) is 23.1 Å². The molecule has 0 unspecified atom stereocenters. The molecule has 146 valence electrons. The Kier molecular flexibility index (Phi) is 5.70. The van der Waals surface area contributed by atoms with Crippen molar-refractivity contribution in [2.75, 3.05) is 57.4 Å². The SMILES string of the molecule is CCn1nccc1C(=O)N1CCN(c2nc(CN3CCOCC3)cs2)CC1. The lowest BCUT2D eigenvalue weighted by Gasteiger charge is -2.34. The van der Waals surface area contributed by atoms with Crippen LogP contribution in [0.15, 0.2) is 17.6 Å². The zero-order chi connectivity index (χ0) is 18.6. The van der Waals surface area contributed by atoms with E-state index in [0.717, 1.165) is 56.8 Å². The van der Waals surface area contributed by atoms with Gasteiger partial charge in [0.1, 0.15) is 5.69 Å². The molecule has 2 aliphatic heterocycles. The number of carbonyl (C=O) groups excluding carboxylic acids is 1. The molecule has 0 aromatic carbocycles. The highest BCUT2D eigenvalue weighted by molar-refractivity contribution is 7.13. The Bertz CT molecular complexity index is 761. The summed E-state index contributed by atoms with van der Waals surface area (Å²) >= 11 is 1.70. The van der Waals surface area contributed by atoms with E-state index in [-0.39, 0.29) is 5.91 Å². The third-order valence-corrected chi connectivity index (χ3v) is 6.05. The van der Waals surface area contributed by atoms with E-state index in [1.165, 1.54) is 0 Å². The lowest BCUT2D eigenvalue weighted by molar-refractivity contribution is 0.0337. The molecule has 27 heavy (non-hydrogen) atoms. The van der Waals surface area contributed by atoms with Crippen molar-refractivity contribution in [2.45, 2.75) is 20.0 Å². The van der Waals surface area contributed by atoms with Crippen molar-refractivity contribution in [3.05, 3.63) is 29.0 Å². The monoisotopic (exact) mass is 390 g/mol. The molecule has 0 atom stereocenters. The van der Waals surface area contributed by atoms with Crippen LogP contribution in [0.25, 0.3) is 0 Å². The molecule has 2 fully saturated rings. The van der Waals surface area contributed by atoms with Gasteiger partial charge in [0.05, 0.1) is 18.9 Å². The zero-order valence-corrected chi connectivity index (χ0v) is 16.5. The van der Waals surface area contributed by atoms with Crippen molar-refractivity contribution < 1.29 is 9.53 Å². The number of ether oxygens (including phenoxy) is 1. The maximum atomic E-state index is 12.7. The van der Waals surface area contributed by atoms with E-state index < -0.39 is 0 Å². The average Bonchev–Trinajstić information content (AvgIpc) is 3.38. The van der Waals surface area contributed by atoms with Gasteiger partial charge in [-0.15, -0.1) is 11.3 Å². The highest BCUT2D eigenvalue weighted by Gasteiger charge is 2.25. The van der Waals surface area contributed by atoms with E-state index in [1.54, 1.807) is 28.3 Å². The second-order valence-corrected chi connectivity index (χ2v) is 7.66. The van der Waals surface area contributed by atoms with Crippen LogP contribution in [-0.4, -0.2) is 83.0 Å². The first kappa shape index (κ1) is 18.4. The fourth-order valence-electron chi connectivity index (χ4n) is 3.53. The van der Waals surface area contributed by atoms with Gasteiger partial charge in [-0.2, -0.15) is 5.10 Å². The van der Waals surface area contributed by atoms with Crippen molar-refractivity contribution >= 4 is 22.4 Å². The molecule has 0 aliphatic carbocycles. The number of hydrogen-bond donors (Lipinski definition) is 0. The molecular weight excluding hydrogens is 364 g/mol. The van der Waals surface area contributed by atoms with Crippen LogP contribution in [-0.2, 0) is 17.8 Å². The van der Waals surface area contributed by atoms with E-state index >= 15 is 0 Å². The fraction of sp³-hybridized carbons (Fsp3) is 0.611. The average molecular weight is 391 g/mol. The molecule has 0 radical (unpaired) electrons. The Morgan fingerprint density at radius 2 is 1.96 bits per heavy atom. The van der Waals surface area contributed by atoms with E-state index in [2.05, 4.69) is 20.3 Å². The summed E-state index contributed by atoms with van der Waals surface area (Å²) in [6.45, 7) is 10.2. The molecule has 1 amide bonds. The van der Waals surface area contributed by atoms with Gasteiger partial charge >= 0.3 is 0 Å². The summed E-state index contributed by atoms with van der Waals surface area (Å²) in [6.07, 6.45) is 1.69. The maximum Gasteiger partial charge on any atom is 0.272 e. The Morgan fingerprint density at radius 3 is 2.70 bits per heavy atom. The predicted octanol–water partition coefficient (Wildman–Crippen LogP) is 1.15. The minimum Gasteiger partial charge on any atom is -0.379 e. The third-order valence-electron chi connectivity index (χ3n) is 5.10. The number of aromatic nitrogens is 3. The predicted molar refractivity (Wildman–Crippen MR) is 104 cm³/mol. The molecule has 0 saturated carbocycles. The molecule has 4 rings (SSSR count). The number of aryl methyl sites for hydroxylation is 1. The molecular formula is C18H26N6O2S. The summed E-state index contributed by atoms with van der Waals surface area (Å²) in [4.78, 5) is 24.1. The zero-order valence-electron chi connectivity index (χ0n) is 15.7. The molecule has 0 bridgehead atoms. The normalized spacial score (nSPS) is 18.9. The number of nitrogens with zero attached hydrogens (tertiary/aromatic N) is 6. The summed E-state index contributed by atoms with van der Waals surface area (Å²) in [5.74, 6) is 0.0705. The standard InChI is InChI=1S/C18H26N6O2S/c1-2-24-16(3-4-19-24)17(25)22-5-7-23(8-6-22)18-20-15(14-27-18)13-21-9-11-26-12-10-21/h3-4,14H,2,5-13H2,1H3. The number of carbonyl (C=O) groups is 1. The van der Waals surface area contributed by atoms with Crippen molar-refractivity contribution in [3.8, 4) is 0 Å². The molecule has 2 aliphatic rings. The highest BCUT2D eigenvalue weighted by atomic mass is 32.1. The molecule has 2 aromatic rings. The molecule has 2 saturated heterocycles. The quantitative estimate of drug-likeness (QED) is 0.763. The van der Waals surface area contributed by atoms with Gasteiger partial charge in [0.25, 0.3) is 5.91 Å². The van der Waals surface area contributed by atoms with Crippen LogP contribution in [0.2, 0.25) is 0 Å². The number of morpholine rings is 1. The van der Waals surface area contributed by atoms with E-state index in [1.807, 2.05) is 11.8 Å². The van der Waals surface area contributed by atoms with Crippen LogP contribution < -0.4 is 4.90 Å². The number of amides is 1. The first-order valence-electron chi connectivity index (χ1n) is 9.55. The number of anilines is 1. The summed E-state index contributed by atoms with van der Waals surface area (Å²) in [6, 6.07) is 1.80. The van der Waals surface area contributed by atoms with Gasteiger partial charge in [-0.3, -0.25) is 14.4 Å². The van der Waals surface area contributed by atoms with Crippen LogP contribution in [0.4, 0.5) is 5.13 Å². The Morgan fingerprint density at radius 1 is 1.19 bits per heavy atom. The molecule has 0 spiro atoms. The third kappa shape index (κ3) is 4.15. The fourth-order valence-corrected chi connectivity index (χ4v) is 4.40. The molecule has 0 N–H and O–H groups in total. The second-order valence-electron chi connectivity index (χ2n) is 6.82. The van der Waals surface area contributed by atoms with Crippen molar-refractivity contribution in [1.29, 1.82) is 0 Å². The van der Waals surface area contributed by atoms with Gasteiger partial charge in [0.15, 0.2) is 5.13 Å². The molecule has 9 heteroatoms. The van der Waals surface area contributed by atoms with E-state index in [4.69, 9.17) is 9.72 Å². The van der Waals surface area contributed by atoms with Crippen LogP contribution in [0, 0.1) is 0 Å². The summed E-state index contributed by atoms with van der Waals surface area (Å²) in [7, 11) is 0. The molecule has 2 aromatic heterocycles. The number of rotatable bonds is 5. The van der Waals surface area contributed by atoms with E-state index in [0.29, 0.717) is 25.3 Å². The summed E-state index contributed by atoms with van der Waals surface area (Å²) < 4.78 is 7.16. The van der Waals surface area contributed by atoms with Gasteiger partial charge < -0.3 is 14.5 Å². The first-order valence-corrected chi connectivity index (χ1v) is 10.4. The van der Waals surface area contributed by atoms with Gasteiger partial charge in [-0.25, -0.2) is 4.98 Å². The smallest absolute Gasteiger partial charge is 0.272 e. The largest absolute Gasteiger partial charge is 0.379 e. The minimum atomic E-state index is 0.0705. The van der Waals surface area contributed by atoms with Crippen LogP contribution in [0.5, 0.6) is 0 Å². The Hall–Kier alpha value is -1.97. The minimum absolute atomic E-state index is 0.0705. The number of hydrogen-bond acceptors (Lipinski definition) is 7.